The summed E-state index contributed by atoms with van der Waals surface area (Å²) in [5.74, 6) is -0.814. The number of carbonyl (C=O) groups excluding carboxylic acids is 1. The molecule has 0 unspecified atom stereocenters. The fourth-order valence-electron chi connectivity index (χ4n) is 5.97. The molecule has 0 spiro atoms. The van der Waals surface area contributed by atoms with E-state index >= 15 is 0 Å². The summed E-state index contributed by atoms with van der Waals surface area (Å²) in [6.07, 6.45) is 15.1. The van der Waals surface area contributed by atoms with E-state index in [9.17, 15) is 19.5 Å². The second-order valence-corrected chi connectivity index (χ2v) is 10.2. The van der Waals surface area contributed by atoms with E-state index in [-0.39, 0.29) is 29.0 Å². The summed E-state index contributed by atoms with van der Waals surface area (Å²) in [6.45, 7) is 0.742. The van der Waals surface area contributed by atoms with Gasteiger partial charge in [-0.3, -0.25) is 14.4 Å². The highest BCUT2D eigenvalue weighted by molar-refractivity contribution is 5.94. The average Bonchev–Trinajstić information content (AvgIpc) is 2.77. The number of hydrogen-bond donors (Lipinski definition) is 2. The van der Waals surface area contributed by atoms with E-state index in [2.05, 4.69) is 5.32 Å². The van der Waals surface area contributed by atoms with Gasteiger partial charge in [0.15, 0.2) is 0 Å². The van der Waals surface area contributed by atoms with Crippen molar-refractivity contribution in [3.8, 4) is 0 Å². The van der Waals surface area contributed by atoms with Crippen molar-refractivity contribution in [3.05, 3.63) is 33.2 Å². The van der Waals surface area contributed by atoms with Gasteiger partial charge >= 0.3 is 5.97 Å². The first-order chi connectivity index (χ1) is 15.5. The molecule has 1 heterocycles. The SMILES string of the molecule is O=C(NC1CCC(C(=O)O)CC1)c1cc2c(n(CC3CCCCC3)c1=O)CCCCCC2. The van der Waals surface area contributed by atoms with E-state index in [4.69, 9.17) is 0 Å². The summed E-state index contributed by atoms with van der Waals surface area (Å²) in [7, 11) is 0. The molecule has 3 aliphatic rings. The van der Waals surface area contributed by atoms with Crippen LogP contribution in [-0.2, 0) is 24.2 Å². The van der Waals surface area contributed by atoms with Crippen molar-refractivity contribution in [1.82, 2.24) is 9.88 Å². The van der Waals surface area contributed by atoms with Gasteiger partial charge in [-0.05, 0) is 81.8 Å². The number of rotatable bonds is 5. The molecule has 32 heavy (non-hydrogen) atoms. The molecular weight excluding hydrogens is 404 g/mol. The molecule has 0 radical (unpaired) electrons. The molecule has 0 aliphatic heterocycles. The van der Waals surface area contributed by atoms with Crippen molar-refractivity contribution in [2.75, 3.05) is 0 Å². The van der Waals surface area contributed by atoms with Crippen LogP contribution in [0.3, 0.4) is 0 Å². The lowest BCUT2D eigenvalue weighted by Gasteiger charge is -2.28. The van der Waals surface area contributed by atoms with Crippen LogP contribution in [0.25, 0.3) is 0 Å². The molecule has 4 rings (SSSR count). The van der Waals surface area contributed by atoms with E-state index in [0.29, 0.717) is 31.6 Å². The number of nitrogens with one attached hydrogen (secondary N) is 1. The predicted octanol–water partition coefficient (Wildman–Crippen LogP) is 4.46. The van der Waals surface area contributed by atoms with Crippen LogP contribution in [0.15, 0.2) is 10.9 Å². The quantitative estimate of drug-likeness (QED) is 0.705. The third-order valence-corrected chi connectivity index (χ3v) is 7.92. The number of nitrogens with zero attached hydrogens (tertiary/aromatic N) is 1. The Bertz CT molecular complexity index is 877. The molecule has 6 nitrogen and oxygen atoms in total. The molecule has 176 valence electrons. The molecule has 0 aromatic carbocycles. The van der Waals surface area contributed by atoms with Crippen LogP contribution in [0.4, 0.5) is 0 Å². The van der Waals surface area contributed by atoms with Gasteiger partial charge in [0.25, 0.3) is 11.5 Å². The number of hydrogen-bond acceptors (Lipinski definition) is 3. The van der Waals surface area contributed by atoms with Crippen LogP contribution in [-0.4, -0.2) is 27.6 Å². The Hall–Kier alpha value is -2.11. The molecular formula is C26H38N2O4. The van der Waals surface area contributed by atoms with E-state index in [1.165, 1.54) is 56.2 Å². The van der Waals surface area contributed by atoms with Crippen molar-refractivity contribution in [3.63, 3.8) is 0 Å². The molecule has 0 atom stereocenters. The van der Waals surface area contributed by atoms with Gasteiger partial charge in [-0.15, -0.1) is 0 Å². The molecule has 2 fully saturated rings. The minimum absolute atomic E-state index is 0.0497. The fraction of sp³-hybridized carbons (Fsp3) is 0.731. The number of aliphatic carboxylic acids is 1. The zero-order valence-electron chi connectivity index (χ0n) is 19.2. The lowest BCUT2D eigenvalue weighted by atomic mass is 9.86. The van der Waals surface area contributed by atoms with Crippen LogP contribution in [0.5, 0.6) is 0 Å². The molecule has 1 amide bonds. The lowest BCUT2D eigenvalue weighted by Crippen LogP contribution is -2.42. The Morgan fingerprint density at radius 1 is 0.906 bits per heavy atom. The third kappa shape index (κ3) is 5.44. The van der Waals surface area contributed by atoms with Gasteiger partial charge in [0.05, 0.1) is 5.92 Å². The molecule has 2 saturated carbocycles. The minimum atomic E-state index is -0.748. The van der Waals surface area contributed by atoms with Gasteiger partial charge in [0.1, 0.15) is 5.56 Å². The average molecular weight is 443 g/mol. The van der Waals surface area contributed by atoms with E-state index < -0.39 is 5.97 Å². The lowest BCUT2D eigenvalue weighted by molar-refractivity contribution is -0.142. The van der Waals surface area contributed by atoms with Crippen molar-refractivity contribution >= 4 is 11.9 Å². The number of carboxylic acid groups (broad SMARTS) is 1. The fourth-order valence-corrected chi connectivity index (χ4v) is 5.97. The number of fused-ring (bicyclic) bond motifs is 1. The molecule has 1 aromatic rings. The van der Waals surface area contributed by atoms with Gasteiger partial charge < -0.3 is 15.0 Å². The molecule has 0 bridgehead atoms. The topological polar surface area (TPSA) is 88.4 Å². The number of aryl methyl sites for hydroxylation is 1. The highest BCUT2D eigenvalue weighted by atomic mass is 16.4. The number of carboxylic acids is 1. The Balaban J connectivity index is 1.57. The monoisotopic (exact) mass is 442 g/mol. The summed E-state index contributed by atoms with van der Waals surface area (Å²) in [4.78, 5) is 38.0. The second-order valence-electron chi connectivity index (χ2n) is 10.2. The summed E-state index contributed by atoms with van der Waals surface area (Å²) in [5.41, 5.74) is 2.49. The minimum Gasteiger partial charge on any atom is -0.481 e. The van der Waals surface area contributed by atoms with Crippen molar-refractivity contribution in [1.29, 1.82) is 0 Å². The number of carbonyl (C=O) groups is 2. The van der Waals surface area contributed by atoms with Gasteiger partial charge in [-0.25, -0.2) is 0 Å². The highest BCUT2D eigenvalue weighted by Crippen LogP contribution is 2.28. The Labute approximate surface area is 190 Å². The second kappa shape index (κ2) is 10.7. The first-order valence-corrected chi connectivity index (χ1v) is 12.8. The number of pyridine rings is 1. The van der Waals surface area contributed by atoms with Crippen molar-refractivity contribution in [2.24, 2.45) is 11.8 Å². The number of aromatic nitrogens is 1. The summed E-state index contributed by atoms with van der Waals surface area (Å²) in [6, 6.07) is 1.82. The van der Waals surface area contributed by atoms with Crippen LogP contribution in [0.2, 0.25) is 0 Å². The Morgan fingerprint density at radius 3 is 2.25 bits per heavy atom. The van der Waals surface area contributed by atoms with Crippen molar-refractivity contribution in [2.45, 2.75) is 109 Å². The maximum Gasteiger partial charge on any atom is 0.306 e. The van der Waals surface area contributed by atoms with Gasteiger partial charge in [0, 0.05) is 18.3 Å². The number of amides is 1. The molecule has 0 saturated heterocycles. The molecule has 1 aromatic heterocycles. The van der Waals surface area contributed by atoms with E-state index in [1.807, 2.05) is 10.6 Å². The van der Waals surface area contributed by atoms with Crippen LogP contribution in [0, 0.1) is 11.8 Å². The van der Waals surface area contributed by atoms with Gasteiger partial charge in [0.2, 0.25) is 0 Å². The first kappa shape index (κ1) is 23.1. The zero-order valence-corrected chi connectivity index (χ0v) is 19.2. The van der Waals surface area contributed by atoms with E-state index in [1.54, 1.807) is 0 Å². The predicted molar refractivity (Wildman–Crippen MR) is 124 cm³/mol. The standard InChI is InChI=1S/C26H38N2O4/c29-24(27-21-14-12-19(13-15-21)26(31)32)22-16-20-10-6-1-2-7-11-23(20)28(25(22)30)17-18-8-4-3-5-9-18/h16,18-19,21H,1-15,17H2,(H,27,29)(H,31,32). The first-order valence-electron chi connectivity index (χ1n) is 12.8. The largest absolute Gasteiger partial charge is 0.481 e. The molecule has 2 N–H and O–H groups in total. The summed E-state index contributed by atoms with van der Waals surface area (Å²) < 4.78 is 1.97. The van der Waals surface area contributed by atoms with Gasteiger partial charge in [-0.1, -0.05) is 32.1 Å². The van der Waals surface area contributed by atoms with Crippen LogP contribution >= 0.6 is 0 Å². The Morgan fingerprint density at radius 2 is 1.56 bits per heavy atom. The molecule has 3 aliphatic carbocycles. The maximum atomic E-state index is 13.6. The Kier molecular flexibility index (Phi) is 7.69. The van der Waals surface area contributed by atoms with Crippen LogP contribution < -0.4 is 10.9 Å². The summed E-state index contributed by atoms with van der Waals surface area (Å²) >= 11 is 0. The third-order valence-electron chi connectivity index (χ3n) is 7.92. The van der Waals surface area contributed by atoms with Gasteiger partial charge in [-0.2, -0.15) is 0 Å². The maximum absolute atomic E-state index is 13.6. The van der Waals surface area contributed by atoms with Crippen LogP contribution in [0.1, 0.15) is 105 Å². The highest BCUT2D eigenvalue weighted by Gasteiger charge is 2.28. The summed E-state index contributed by atoms with van der Waals surface area (Å²) in [5, 5.41) is 12.3. The zero-order chi connectivity index (χ0) is 22.5. The van der Waals surface area contributed by atoms with E-state index in [0.717, 1.165) is 32.2 Å². The molecule has 6 heteroatoms. The smallest absolute Gasteiger partial charge is 0.306 e. The normalized spacial score (nSPS) is 24.8. The van der Waals surface area contributed by atoms with Crippen molar-refractivity contribution < 1.29 is 14.7 Å².